The summed E-state index contributed by atoms with van der Waals surface area (Å²) in [4.78, 5) is 11.3. The molecule has 0 fully saturated rings. The van der Waals surface area contributed by atoms with E-state index in [0.717, 1.165) is 16.8 Å². The van der Waals surface area contributed by atoms with Gasteiger partial charge in [0, 0.05) is 12.2 Å². The van der Waals surface area contributed by atoms with Crippen molar-refractivity contribution in [2.75, 3.05) is 18.5 Å². The van der Waals surface area contributed by atoms with Gasteiger partial charge in [0.05, 0.1) is 6.61 Å². The molecule has 0 saturated heterocycles. The summed E-state index contributed by atoms with van der Waals surface area (Å²) in [5.74, 6) is 0. The Hall–Kier alpha value is -1.55. The number of aliphatic hydroxyl groups is 1. The molecule has 4 nitrogen and oxygen atoms in total. The number of para-hydroxylation sites is 1. The Bertz CT molecular complexity index is 330. The first-order valence-electron chi connectivity index (χ1n) is 4.87. The van der Waals surface area contributed by atoms with E-state index in [-0.39, 0.29) is 19.2 Å². The van der Waals surface area contributed by atoms with E-state index in [4.69, 9.17) is 5.11 Å². The van der Waals surface area contributed by atoms with Crippen LogP contribution in [0.4, 0.5) is 10.5 Å². The minimum Gasteiger partial charge on any atom is -0.395 e. The number of amides is 2. The molecule has 4 heteroatoms. The minimum atomic E-state index is -0.290. The van der Waals surface area contributed by atoms with Gasteiger partial charge < -0.3 is 15.7 Å². The number of carbonyl (C=O) groups excluding carboxylic acids is 1. The lowest BCUT2D eigenvalue weighted by atomic mass is 10.1. The molecule has 0 aliphatic heterocycles. The smallest absolute Gasteiger partial charge is 0.319 e. The first-order chi connectivity index (χ1) is 7.15. The summed E-state index contributed by atoms with van der Waals surface area (Å²) in [6.07, 6.45) is 0. The fourth-order valence-electron chi connectivity index (χ4n) is 1.34. The first-order valence-corrected chi connectivity index (χ1v) is 4.87. The maximum atomic E-state index is 11.3. The fraction of sp³-hybridized carbons (Fsp3) is 0.364. The highest BCUT2D eigenvalue weighted by Gasteiger charge is 2.05. The maximum Gasteiger partial charge on any atom is 0.319 e. The zero-order valence-electron chi connectivity index (χ0n) is 9.00. The van der Waals surface area contributed by atoms with E-state index in [1.807, 2.05) is 32.0 Å². The highest BCUT2D eigenvalue weighted by Crippen LogP contribution is 2.18. The van der Waals surface area contributed by atoms with Gasteiger partial charge >= 0.3 is 6.03 Å². The van der Waals surface area contributed by atoms with Gasteiger partial charge in [-0.1, -0.05) is 18.2 Å². The van der Waals surface area contributed by atoms with Gasteiger partial charge in [-0.15, -0.1) is 0 Å². The van der Waals surface area contributed by atoms with E-state index in [0.29, 0.717) is 0 Å². The molecule has 3 N–H and O–H groups in total. The summed E-state index contributed by atoms with van der Waals surface area (Å²) in [6.45, 7) is 4.08. The van der Waals surface area contributed by atoms with Crippen molar-refractivity contribution in [2.24, 2.45) is 0 Å². The monoisotopic (exact) mass is 208 g/mol. The Morgan fingerprint density at radius 3 is 2.47 bits per heavy atom. The number of nitrogens with one attached hydrogen (secondary N) is 2. The number of aryl methyl sites for hydroxylation is 2. The molecule has 0 heterocycles. The van der Waals surface area contributed by atoms with E-state index in [2.05, 4.69) is 10.6 Å². The van der Waals surface area contributed by atoms with Gasteiger partial charge in [-0.2, -0.15) is 0 Å². The van der Waals surface area contributed by atoms with Crippen LogP contribution in [0.5, 0.6) is 0 Å². The number of rotatable bonds is 3. The number of anilines is 1. The van der Waals surface area contributed by atoms with Gasteiger partial charge in [-0.05, 0) is 25.0 Å². The molecule has 2 amide bonds. The number of carbonyl (C=O) groups is 1. The zero-order valence-corrected chi connectivity index (χ0v) is 9.00. The average Bonchev–Trinajstić information content (AvgIpc) is 2.21. The first kappa shape index (κ1) is 11.5. The zero-order chi connectivity index (χ0) is 11.3. The van der Waals surface area contributed by atoms with Crippen molar-refractivity contribution in [3.05, 3.63) is 29.3 Å². The largest absolute Gasteiger partial charge is 0.395 e. The number of hydrogen-bond donors (Lipinski definition) is 3. The lowest BCUT2D eigenvalue weighted by Crippen LogP contribution is -2.31. The van der Waals surface area contributed by atoms with Gasteiger partial charge in [0.1, 0.15) is 0 Å². The number of benzene rings is 1. The van der Waals surface area contributed by atoms with E-state index in [1.54, 1.807) is 0 Å². The van der Waals surface area contributed by atoms with E-state index in [1.165, 1.54) is 0 Å². The Morgan fingerprint density at radius 2 is 1.93 bits per heavy atom. The Kier molecular flexibility index (Phi) is 4.12. The number of urea groups is 1. The van der Waals surface area contributed by atoms with Crippen LogP contribution in [0.15, 0.2) is 18.2 Å². The molecule has 0 spiro atoms. The summed E-state index contributed by atoms with van der Waals surface area (Å²) in [5, 5.41) is 13.8. The maximum absolute atomic E-state index is 11.3. The molecule has 0 bridgehead atoms. The minimum absolute atomic E-state index is 0.0554. The second-order valence-electron chi connectivity index (χ2n) is 3.37. The molecule has 0 aliphatic carbocycles. The molecule has 0 aromatic heterocycles. The second-order valence-corrected chi connectivity index (χ2v) is 3.37. The van der Waals surface area contributed by atoms with E-state index >= 15 is 0 Å². The third-order valence-electron chi connectivity index (χ3n) is 2.12. The molecule has 0 radical (unpaired) electrons. The quantitative estimate of drug-likeness (QED) is 0.703. The summed E-state index contributed by atoms with van der Waals surface area (Å²) >= 11 is 0. The molecular weight excluding hydrogens is 192 g/mol. The summed E-state index contributed by atoms with van der Waals surface area (Å²) < 4.78 is 0. The normalized spacial score (nSPS) is 9.80. The Morgan fingerprint density at radius 1 is 1.33 bits per heavy atom. The van der Waals surface area contributed by atoms with Crippen molar-refractivity contribution < 1.29 is 9.90 Å². The van der Waals surface area contributed by atoms with Gasteiger partial charge in [-0.25, -0.2) is 4.79 Å². The van der Waals surface area contributed by atoms with Crippen LogP contribution in [-0.4, -0.2) is 24.3 Å². The number of aliphatic hydroxyl groups excluding tert-OH is 1. The summed E-state index contributed by atoms with van der Waals surface area (Å²) in [7, 11) is 0. The molecule has 1 aromatic carbocycles. The van der Waals surface area contributed by atoms with Crippen LogP contribution >= 0.6 is 0 Å². The molecule has 1 rings (SSSR count). The van der Waals surface area contributed by atoms with Gasteiger partial charge in [-0.3, -0.25) is 0 Å². The third-order valence-corrected chi connectivity index (χ3v) is 2.12. The third kappa shape index (κ3) is 3.25. The topological polar surface area (TPSA) is 61.4 Å². The highest BCUT2D eigenvalue weighted by atomic mass is 16.3. The van der Waals surface area contributed by atoms with Crippen LogP contribution in [0, 0.1) is 13.8 Å². The highest BCUT2D eigenvalue weighted by molar-refractivity contribution is 5.90. The van der Waals surface area contributed by atoms with Crippen LogP contribution in [0.1, 0.15) is 11.1 Å². The standard InChI is InChI=1S/C11H16N2O2/c1-8-4-3-5-9(2)10(8)13-11(15)12-6-7-14/h3-5,14H,6-7H2,1-2H3,(H2,12,13,15). The molecule has 82 valence electrons. The molecule has 0 atom stereocenters. The molecule has 0 unspecified atom stereocenters. The molecular formula is C11H16N2O2. The molecule has 15 heavy (non-hydrogen) atoms. The summed E-state index contributed by atoms with van der Waals surface area (Å²) in [6, 6.07) is 5.53. The van der Waals surface area contributed by atoms with E-state index in [9.17, 15) is 4.79 Å². The van der Waals surface area contributed by atoms with Crippen molar-refractivity contribution in [1.29, 1.82) is 0 Å². The Labute approximate surface area is 89.3 Å². The van der Waals surface area contributed by atoms with Gasteiger partial charge in [0.25, 0.3) is 0 Å². The van der Waals surface area contributed by atoms with Crippen LogP contribution in [0.3, 0.4) is 0 Å². The lowest BCUT2D eigenvalue weighted by molar-refractivity contribution is 0.245. The van der Waals surface area contributed by atoms with Crippen molar-refractivity contribution in [1.82, 2.24) is 5.32 Å². The van der Waals surface area contributed by atoms with Crippen molar-refractivity contribution in [3.8, 4) is 0 Å². The van der Waals surface area contributed by atoms with Crippen LogP contribution in [0.25, 0.3) is 0 Å². The SMILES string of the molecule is Cc1cccc(C)c1NC(=O)NCCO. The fourth-order valence-corrected chi connectivity index (χ4v) is 1.34. The predicted molar refractivity (Wildman–Crippen MR) is 60.0 cm³/mol. The van der Waals surface area contributed by atoms with Gasteiger partial charge in [0.15, 0.2) is 0 Å². The molecule has 0 aliphatic rings. The second kappa shape index (κ2) is 5.36. The van der Waals surface area contributed by atoms with Crippen molar-refractivity contribution in [3.63, 3.8) is 0 Å². The summed E-state index contributed by atoms with van der Waals surface area (Å²) in [5.41, 5.74) is 2.87. The van der Waals surface area contributed by atoms with Crippen molar-refractivity contribution >= 4 is 11.7 Å². The van der Waals surface area contributed by atoms with Gasteiger partial charge in [0.2, 0.25) is 0 Å². The number of hydrogen-bond acceptors (Lipinski definition) is 2. The molecule has 1 aromatic rings. The average molecular weight is 208 g/mol. The Balaban J connectivity index is 2.68. The molecule has 0 saturated carbocycles. The van der Waals surface area contributed by atoms with Crippen molar-refractivity contribution in [2.45, 2.75) is 13.8 Å². The predicted octanol–water partition coefficient (Wildman–Crippen LogP) is 1.42. The van der Waals surface area contributed by atoms with Crippen LogP contribution < -0.4 is 10.6 Å². The van der Waals surface area contributed by atoms with Crippen LogP contribution in [-0.2, 0) is 0 Å². The van der Waals surface area contributed by atoms with E-state index < -0.39 is 0 Å². The van der Waals surface area contributed by atoms with Crippen LogP contribution in [0.2, 0.25) is 0 Å². The lowest BCUT2D eigenvalue weighted by Gasteiger charge is -2.11.